The summed E-state index contributed by atoms with van der Waals surface area (Å²) in [6, 6.07) is 14.0. The number of halogens is 1. The second-order valence-corrected chi connectivity index (χ2v) is 6.79. The lowest BCUT2D eigenvalue weighted by Gasteiger charge is -2.10. The monoisotopic (exact) mass is 370 g/mol. The lowest BCUT2D eigenvalue weighted by atomic mass is 10.1. The lowest BCUT2D eigenvalue weighted by Crippen LogP contribution is -2.18. The maximum Gasteiger partial charge on any atom is 0.175 e. The van der Waals surface area contributed by atoms with Crippen molar-refractivity contribution in [2.75, 3.05) is 10.6 Å². The summed E-state index contributed by atoms with van der Waals surface area (Å²) >= 11 is 11.6. The minimum atomic E-state index is 0.530. The van der Waals surface area contributed by atoms with Gasteiger partial charge >= 0.3 is 0 Å². The van der Waals surface area contributed by atoms with E-state index in [1.54, 1.807) is 6.20 Å². The predicted molar refractivity (Wildman–Crippen MR) is 109 cm³/mol. The molecule has 25 heavy (non-hydrogen) atoms. The molecule has 0 radical (unpaired) electrons. The molecule has 0 saturated heterocycles. The molecule has 0 aliphatic carbocycles. The highest BCUT2D eigenvalue weighted by Crippen LogP contribution is 2.17. The van der Waals surface area contributed by atoms with E-state index >= 15 is 0 Å². The van der Waals surface area contributed by atoms with Crippen LogP contribution in [0.3, 0.4) is 0 Å². The summed E-state index contributed by atoms with van der Waals surface area (Å²) < 4.78 is 1.82. The van der Waals surface area contributed by atoms with Crippen molar-refractivity contribution in [3.05, 3.63) is 76.6 Å². The summed E-state index contributed by atoms with van der Waals surface area (Å²) in [6.07, 6.45) is 3.64. The van der Waals surface area contributed by atoms with Crippen LogP contribution in [0.5, 0.6) is 0 Å². The van der Waals surface area contributed by atoms with Gasteiger partial charge in [0.1, 0.15) is 0 Å². The summed E-state index contributed by atoms with van der Waals surface area (Å²) in [5.74, 6) is 0. The van der Waals surface area contributed by atoms with E-state index in [1.165, 1.54) is 11.1 Å². The van der Waals surface area contributed by atoms with Crippen molar-refractivity contribution in [3.8, 4) is 0 Å². The molecule has 0 amide bonds. The highest BCUT2D eigenvalue weighted by molar-refractivity contribution is 7.80. The van der Waals surface area contributed by atoms with Gasteiger partial charge in [-0.25, -0.2) is 0 Å². The minimum Gasteiger partial charge on any atom is -0.332 e. The Morgan fingerprint density at radius 2 is 1.76 bits per heavy atom. The van der Waals surface area contributed by atoms with Crippen LogP contribution in [0, 0.1) is 13.8 Å². The molecule has 0 saturated carbocycles. The fraction of sp³-hybridized carbons (Fsp3) is 0.158. The molecule has 2 N–H and O–H groups in total. The molecule has 1 aromatic heterocycles. The second kappa shape index (κ2) is 7.68. The fourth-order valence-electron chi connectivity index (χ4n) is 2.66. The van der Waals surface area contributed by atoms with Crippen molar-refractivity contribution >= 4 is 40.3 Å². The maximum atomic E-state index is 6.19. The number of anilines is 2. The van der Waals surface area contributed by atoms with Gasteiger partial charge in [0.15, 0.2) is 5.11 Å². The molecule has 0 aliphatic rings. The third-order valence-electron chi connectivity index (χ3n) is 3.66. The predicted octanol–water partition coefficient (Wildman–Crippen LogP) is 5.01. The molecule has 2 aromatic carbocycles. The largest absolute Gasteiger partial charge is 0.332 e. The number of nitrogens with one attached hydrogen (secondary N) is 2. The van der Waals surface area contributed by atoms with Gasteiger partial charge in [0.05, 0.1) is 18.4 Å². The Labute approximate surface area is 157 Å². The fourth-order valence-corrected chi connectivity index (χ4v) is 3.09. The van der Waals surface area contributed by atoms with Gasteiger partial charge in [0.25, 0.3) is 0 Å². The molecule has 0 unspecified atom stereocenters. The minimum absolute atomic E-state index is 0.530. The lowest BCUT2D eigenvalue weighted by molar-refractivity contribution is 0.687. The number of nitrogens with zero attached hydrogens (tertiary/aromatic N) is 2. The zero-order chi connectivity index (χ0) is 17.8. The zero-order valence-corrected chi connectivity index (χ0v) is 15.7. The Hall–Kier alpha value is -2.37. The Morgan fingerprint density at radius 1 is 1.08 bits per heavy atom. The van der Waals surface area contributed by atoms with Crippen LogP contribution in [-0.2, 0) is 6.54 Å². The van der Waals surface area contributed by atoms with E-state index in [4.69, 9.17) is 23.8 Å². The molecule has 0 bridgehead atoms. The molecular weight excluding hydrogens is 352 g/mol. The molecule has 6 heteroatoms. The van der Waals surface area contributed by atoms with Gasteiger partial charge in [-0.05, 0) is 61.0 Å². The van der Waals surface area contributed by atoms with Crippen LogP contribution in [0.4, 0.5) is 11.4 Å². The Morgan fingerprint density at radius 3 is 2.48 bits per heavy atom. The first-order valence-corrected chi connectivity index (χ1v) is 8.70. The van der Waals surface area contributed by atoms with Crippen LogP contribution < -0.4 is 10.6 Å². The summed E-state index contributed by atoms with van der Waals surface area (Å²) in [5, 5.41) is 12.0. The number of aryl methyl sites for hydroxylation is 2. The van der Waals surface area contributed by atoms with E-state index in [1.807, 2.05) is 35.1 Å². The van der Waals surface area contributed by atoms with Crippen molar-refractivity contribution in [1.82, 2.24) is 9.78 Å². The summed E-state index contributed by atoms with van der Waals surface area (Å²) in [6.45, 7) is 4.74. The molecule has 3 aromatic rings. The third-order valence-corrected chi connectivity index (χ3v) is 4.23. The molecule has 1 heterocycles. The van der Waals surface area contributed by atoms with Crippen LogP contribution >= 0.6 is 23.8 Å². The Bertz CT molecular complexity index is 884. The van der Waals surface area contributed by atoms with Crippen molar-refractivity contribution in [3.63, 3.8) is 0 Å². The number of aromatic nitrogens is 2. The molecule has 0 atom stereocenters. The highest BCUT2D eigenvalue weighted by atomic mass is 35.5. The van der Waals surface area contributed by atoms with E-state index in [2.05, 4.69) is 47.8 Å². The summed E-state index contributed by atoms with van der Waals surface area (Å²) in [4.78, 5) is 0. The van der Waals surface area contributed by atoms with Gasteiger partial charge in [-0.15, -0.1) is 0 Å². The molecule has 0 aliphatic heterocycles. The van der Waals surface area contributed by atoms with Gasteiger partial charge < -0.3 is 10.6 Å². The molecule has 0 spiro atoms. The van der Waals surface area contributed by atoms with E-state index < -0.39 is 0 Å². The van der Waals surface area contributed by atoms with E-state index in [9.17, 15) is 0 Å². The average molecular weight is 371 g/mol. The van der Waals surface area contributed by atoms with E-state index in [-0.39, 0.29) is 0 Å². The SMILES string of the molecule is Cc1cc(C)cc(NC(=S)Nc2cnn(Cc3ccccc3Cl)c2)c1. The molecule has 3 rings (SSSR count). The highest BCUT2D eigenvalue weighted by Gasteiger charge is 2.05. The van der Waals surface area contributed by atoms with Crippen molar-refractivity contribution in [2.24, 2.45) is 0 Å². The van der Waals surface area contributed by atoms with E-state index in [0.29, 0.717) is 11.7 Å². The van der Waals surface area contributed by atoms with Crippen LogP contribution in [0.15, 0.2) is 54.9 Å². The van der Waals surface area contributed by atoms with Crippen molar-refractivity contribution in [1.29, 1.82) is 0 Å². The van der Waals surface area contributed by atoms with Crippen LogP contribution in [-0.4, -0.2) is 14.9 Å². The normalized spacial score (nSPS) is 10.5. The molecule has 4 nitrogen and oxygen atoms in total. The molecule has 0 fully saturated rings. The van der Waals surface area contributed by atoms with E-state index in [0.717, 1.165) is 22.0 Å². The Balaban J connectivity index is 1.63. The number of thiocarbonyl (C=S) groups is 1. The first kappa shape index (κ1) is 17.5. The van der Waals surface area contributed by atoms with Gasteiger partial charge in [-0.2, -0.15) is 5.10 Å². The number of benzene rings is 2. The van der Waals surface area contributed by atoms with Crippen LogP contribution in [0.1, 0.15) is 16.7 Å². The van der Waals surface area contributed by atoms with Gasteiger partial charge in [-0.3, -0.25) is 4.68 Å². The first-order chi connectivity index (χ1) is 12.0. The zero-order valence-electron chi connectivity index (χ0n) is 14.1. The summed E-state index contributed by atoms with van der Waals surface area (Å²) in [7, 11) is 0. The second-order valence-electron chi connectivity index (χ2n) is 5.97. The summed E-state index contributed by atoms with van der Waals surface area (Å²) in [5.41, 5.74) is 5.21. The van der Waals surface area contributed by atoms with Gasteiger partial charge in [-0.1, -0.05) is 35.9 Å². The van der Waals surface area contributed by atoms with Crippen LogP contribution in [0.2, 0.25) is 5.02 Å². The topological polar surface area (TPSA) is 41.9 Å². The maximum absolute atomic E-state index is 6.19. The third kappa shape index (κ3) is 4.81. The quantitative estimate of drug-likeness (QED) is 0.633. The first-order valence-electron chi connectivity index (χ1n) is 7.92. The van der Waals surface area contributed by atoms with Gasteiger partial charge in [0.2, 0.25) is 0 Å². The average Bonchev–Trinajstić information content (AvgIpc) is 2.95. The number of rotatable bonds is 4. The van der Waals surface area contributed by atoms with Gasteiger partial charge in [0, 0.05) is 16.9 Å². The number of hydrogen-bond acceptors (Lipinski definition) is 2. The van der Waals surface area contributed by atoms with Crippen LogP contribution in [0.25, 0.3) is 0 Å². The molecule has 128 valence electrons. The standard InChI is InChI=1S/C19H19ClN4S/c1-13-7-14(2)9-16(8-13)22-19(25)23-17-10-21-24(12-17)11-15-5-3-4-6-18(15)20/h3-10,12H,11H2,1-2H3,(H2,22,23,25). The van der Waals surface area contributed by atoms with Crippen molar-refractivity contribution in [2.45, 2.75) is 20.4 Å². The molecular formula is C19H19ClN4S. The number of hydrogen-bond donors (Lipinski definition) is 2. The Kier molecular flexibility index (Phi) is 5.36. The van der Waals surface area contributed by atoms with Crippen molar-refractivity contribution < 1.29 is 0 Å². The smallest absolute Gasteiger partial charge is 0.175 e.